The number of benzene rings is 16. The van der Waals surface area contributed by atoms with Crippen LogP contribution in [0.2, 0.25) is 0 Å². The van der Waals surface area contributed by atoms with Gasteiger partial charge in [0.05, 0.1) is 22.1 Å². The number of aromatic nitrogens is 8. The minimum atomic E-state index is -1.57. The first-order valence-electron chi connectivity index (χ1n) is 38.3. The summed E-state index contributed by atoms with van der Waals surface area (Å²) >= 11 is 3.52. The Morgan fingerprint density at radius 2 is 0.560 bits per heavy atom. The first-order chi connectivity index (χ1) is 57.2. The van der Waals surface area contributed by atoms with Crippen LogP contribution < -0.4 is 5.46 Å². The molecule has 0 aliphatic rings. The number of hydrogen-bond donors (Lipinski definition) is 2. The Morgan fingerprint density at radius 3 is 1.00 bits per heavy atom. The standard InChI is InChI=1S/C51H32N4O.C30H20BNO3.C21H14BrN3/c1-4-14-33(15-5-1)49-52-50(34-16-6-2-7-17-34)54-51(53-49)38-19-12-18-37(30-38)40-23-13-25-47-48(40)43-32-36(27-29-46(43)56-47)35-26-28-45-42(31-35)41-22-10-11-24-44(41)55(45)39-20-8-3-9-21-39;33-31(34)25-10-6-12-29-30(25)24-18-20(14-16-28(24)35-29)19-13-15-27-23(17-19)22-9-4-5-11-26(22)32(27)21-7-2-1-3-8-21;22-18-13-7-12-17(14-18)21-24-19(15-8-3-1-4-9-15)23-20(25-21)16-10-5-2-6-11-16/h1-32H;1-18,33-34H;1-14H. The van der Waals surface area contributed by atoms with Gasteiger partial charge in [0.25, 0.3) is 0 Å². The maximum absolute atomic E-state index is 9.91. The van der Waals surface area contributed by atoms with E-state index in [9.17, 15) is 10.0 Å². The Labute approximate surface area is 675 Å². The van der Waals surface area contributed by atoms with Crippen LogP contribution in [-0.2, 0) is 0 Å². The van der Waals surface area contributed by atoms with Gasteiger partial charge in [0, 0.05) is 92.3 Å². The highest BCUT2D eigenvalue weighted by Crippen LogP contribution is 2.43. The summed E-state index contributed by atoms with van der Waals surface area (Å²) in [6.45, 7) is 0. The van der Waals surface area contributed by atoms with Gasteiger partial charge < -0.3 is 28.0 Å². The zero-order valence-electron chi connectivity index (χ0n) is 62.2. The number of hydrogen-bond acceptors (Lipinski definition) is 10. The molecule has 548 valence electrons. The second-order valence-corrected chi connectivity index (χ2v) is 29.3. The van der Waals surface area contributed by atoms with Crippen molar-refractivity contribution >= 4 is 116 Å². The molecule has 6 aromatic heterocycles. The second-order valence-electron chi connectivity index (χ2n) is 28.4. The topological polar surface area (TPSA) is 154 Å². The van der Waals surface area contributed by atoms with Gasteiger partial charge in [-0.15, -0.1) is 0 Å². The van der Waals surface area contributed by atoms with Crippen molar-refractivity contribution in [2.75, 3.05) is 0 Å². The molecule has 16 aromatic carbocycles. The predicted molar refractivity (Wildman–Crippen MR) is 476 cm³/mol. The molecule has 6 heterocycles. The van der Waals surface area contributed by atoms with Crippen LogP contribution in [0.15, 0.2) is 402 Å². The normalized spacial score (nSPS) is 11.4. The number of nitrogens with zero attached hydrogens (tertiary/aromatic N) is 8. The Morgan fingerprint density at radius 1 is 0.233 bits per heavy atom. The second kappa shape index (κ2) is 30.4. The van der Waals surface area contributed by atoms with E-state index in [2.05, 4.69) is 242 Å². The first kappa shape index (κ1) is 70.3. The van der Waals surface area contributed by atoms with Crippen molar-refractivity contribution in [1.29, 1.82) is 0 Å². The zero-order chi connectivity index (χ0) is 77.6. The van der Waals surface area contributed by atoms with Gasteiger partial charge in [-0.05, 0) is 154 Å². The van der Waals surface area contributed by atoms with E-state index < -0.39 is 7.12 Å². The zero-order valence-corrected chi connectivity index (χ0v) is 63.8. The van der Waals surface area contributed by atoms with Crippen LogP contribution in [0.4, 0.5) is 0 Å². The predicted octanol–water partition coefficient (Wildman–Crippen LogP) is 24.9. The molecule has 0 radical (unpaired) electrons. The van der Waals surface area contributed by atoms with E-state index in [0.29, 0.717) is 46.0 Å². The minimum absolute atomic E-state index is 0.444. The summed E-state index contributed by atoms with van der Waals surface area (Å²) in [6, 6.07) is 132. The van der Waals surface area contributed by atoms with Gasteiger partial charge in [0.1, 0.15) is 22.3 Å². The van der Waals surface area contributed by atoms with Gasteiger partial charge in [-0.3, -0.25) is 0 Å². The molecule has 0 bridgehead atoms. The number of rotatable bonds is 12. The van der Waals surface area contributed by atoms with E-state index in [1.54, 1.807) is 12.1 Å². The Balaban J connectivity index is 0.000000123. The summed E-state index contributed by atoms with van der Waals surface area (Å²) in [5.41, 5.74) is 22.7. The quantitative estimate of drug-likeness (QED) is 0.113. The molecular weight excluding hydrogens is 1490 g/mol. The Hall–Kier alpha value is -14.8. The van der Waals surface area contributed by atoms with Crippen molar-refractivity contribution < 1.29 is 18.9 Å². The lowest BCUT2D eigenvalue weighted by Crippen LogP contribution is -2.30. The van der Waals surface area contributed by atoms with Crippen LogP contribution in [0.3, 0.4) is 0 Å². The molecule has 0 aliphatic heterocycles. The minimum Gasteiger partial charge on any atom is -0.456 e. The monoisotopic (exact) mass is 1560 g/mol. The molecule has 12 nitrogen and oxygen atoms in total. The highest BCUT2D eigenvalue weighted by molar-refractivity contribution is 9.10. The van der Waals surface area contributed by atoms with Crippen LogP contribution in [0, 0.1) is 0 Å². The molecule has 0 atom stereocenters. The van der Waals surface area contributed by atoms with E-state index in [1.165, 1.54) is 38.1 Å². The van der Waals surface area contributed by atoms with Crippen molar-refractivity contribution in [2.45, 2.75) is 0 Å². The third kappa shape index (κ3) is 13.4. The number of halogens is 1. The number of furan rings is 2. The van der Waals surface area contributed by atoms with Crippen LogP contribution >= 0.6 is 15.9 Å². The summed E-state index contributed by atoms with van der Waals surface area (Å²) < 4.78 is 18.1. The molecular formula is C102H66BBrN8O4. The average Bonchev–Trinajstić information content (AvgIpc) is 1.59. The molecule has 0 amide bonds. The van der Waals surface area contributed by atoms with Crippen LogP contribution in [0.1, 0.15) is 0 Å². The van der Waals surface area contributed by atoms with Crippen LogP contribution in [0.5, 0.6) is 0 Å². The van der Waals surface area contributed by atoms with Gasteiger partial charge in [0.15, 0.2) is 34.9 Å². The van der Waals surface area contributed by atoms with E-state index in [-0.39, 0.29) is 0 Å². The molecule has 0 aliphatic carbocycles. The highest BCUT2D eigenvalue weighted by atomic mass is 79.9. The van der Waals surface area contributed by atoms with Gasteiger partial charge in [-0.1, -0.05) is 289 Å². The van der Waals surface area contributed by atoms with Gasteiger partial charge in [-0.25, -0.2) is 29.9 Å². The molecule has 22 rings (SSSR count). The van der Waals surface area contributed by atoms with E-state index in [1.807, 2.05) is 164 Å². The molecule has 0 fully saturated rings. The molecule has 0 unspecified atom stereocenters. The van der Waals surface area contributed by atoms with Crippen molar-refractivity contribution in [2.24, 2.45) is 0 Å². The van der Waals surface area contributed by atoms with Gasteiger partial charge in [-0.2, -0.15) is 0 Å². The lowest BCUT2D eigenvalue weighted by Gasteiger charge is -2.10. The van der Waals surface area contributed by atoms with Crippen molar-refractivity contribution in [3.05, 3.63) is 393 Å². The third-order valence-electron chi connectivity index (χ3n) is 21.3. The Kier molecular flexibility index (Phi) is 18.4. The summed E-state index contributed by atoms with van der Waals surface area (Å²) in [4.78, 5) is 29.0. The van der Waals surface area contributed by atoms with Crippen LogP contribution in [0.25, 0.3) is 201 Å². The lowest BCUT2D eigenvalue weighted by molar-refractivity contribution is 0.426. The summed E-state index contributed by atoms with van der Waals surface area (Å²) in [6.07, 6.45) is 0. The fraction of sp³-hybridized carbons (Fsp3) is 0. The molecule has 14 heteroatoms. The molecule has 22 aromatic rings. The van der Waals surface area contributed by atoms with E-state index >= 15 is 0 Å². The smallest absolute Gasteiger partial charge is 0.456 e. The largest absolute Gasteiger partial charge is 0.489 e. The fourth-order valence-corrected chi connectivity index (χ4v) is 16.2. The average molecular weight is 1560 g/mol. The Bertz CT molecular complexity index is 7330. The molecule has 0 spiro atoms. The van der Waals surface area contributed by atoms with Crippen molar-refractivity contribution in [3.8, 4) is 113 Å². The van der Waals surface area contributed by atoms with Gasteiger partial charge in [0.2, 0.25) is 0 Å². The third-order valence-corrected chi connectivity index (χ3v) is 21.7. The highest BCUT2D eigenvalue weighted by Gasteiger charge is 2.23. The number of fused-ring (bicyclic) bond motifs is 12. The molecule has 2 N–H and O–H groups in total. The lowest BCUT2D eigenvalue weighted by atomic mass is 9.77. The van der Waals surface area contributed by atoms with E-state index in [4.69, 9.17) is 33.8 Å². The summed E-state index contributed by atoms with van der Waals surface area (Å²) in [7, 11) is -1.57. The summed E-state index contributed by atoms with van der Waals surface area (Å²) in [5.74, 6) is 3.90. The van der Waals surface area contributed by atoms with Crippen LogP contribution in [-0.4, -0.2) is 56.2 Å². The molecule has 0 saturated carbocycles. The van der Waals surface area contributed by atoms with Crippen molar-refractivity contribution in [3.63, 3.8) is 0 Å². The maximum Gasteiger partial charge on any atom is 0.489 e. The van der Waals surface area contributed by atoms with Gasteiger partial charge >= 0.3 is 7.12 Å². The van der Waals surface area contributed by atoms with E-state index in [0.717, 1.165) is 126 Å². The van der Waals surface area contributed by atoms with Crippen molar-refractivity contribution in [1.82, 2.24) is 39.0 Å². The maximum atomic E-state index is 9.91. The first-order valence-corrected chi connectivity index (χ1v) is 39.1. The molecule has 116 heavy (non-hydrogen) atoms. The molecule has 0 saturated heterocycles. The SMILES string of the molecule is Brc1cccc(-c2nc(-c3ccccc3)nc(-c3ccccc3)n2)c1.OB(O)c1cccc2oc3ccc(-c4ccc5c(c4)c4ccccc4n5-c4ccccc4)cc3c12.c1ccc(-c2nc(-c3ccccc3)nc(-c3cccc(-c4cccc5oc6ccc(-c7ccc8c(c7)c7ccccc7n8-c7ccccc7)cc6c45)c3)n2)cc1. The fourth-order valence-electron chi connectivity index (χ4n) is 15.8. The number of para-hydroxylation sites is 4. The summed E-state index contributed by atoms with van der Waals surface area (Å²) in [5, 5.41) is 28.4.